The summed E-state index contributed by atoms with van der Waals surface area (Å²) in [5.74, 6) is 1.22. The first-order valence-electron chi connectivity index (χ1n) is 5.90. The second-order valence-electron chi connectivity index (χ2n) is 4.60. The molecule has 0 bridgehead atoms. The molecule has 1 aliphatic rings. The molecule has 1 aliphatic heterocycles. The summed E-state index contributed by atoms with van der Waals surface area (Å²) >= 11 is 1.97. The predicted molar refractivity (Wildman–Crippen MR) is 64.5 cm³/mol. The summed E-state index contributed by atoms with van der Waals surface area (Å²) in [6.45, 7) is 2.90. The Morgan fingerprint density at radius 3 is 2.76 bits per heavy atom. The molecular weight excluding hydrogens is 251 g/mol. The van der Waals surface area contributed by atoms with E-state index in [1.54, 1.807) is 0 Å². The monoisotopic (exact) mass is 271 g/mol. The Morgan fingerprint density at radius 1 is 1.41 bits per heavy atom. The van der Waals surface area contributed by atoms with Crippen molar-refractivity contribution in [2.75, 3.05) is 32.1 Å². The zero-order valence-electron chi connectivity index (χ0n) is 10.1. The molecular formula is C11H20F3NOS. The van der Waals surface area contributed by atoms with Crippen LogP contribution in [0.25, 0.3) is 0 Å². The summed E-state index contributed by atoms with van der Waals surface area (Å²) in [6.07, 6.45) is -1.11. The molecule has 17 heavy (non-hydrogen) atoms. The molecule has 1 unspecified atom stereocenters. The third-order valence-electron chi connectivity index (χ3n) is 2.71. The van der Waals surface area contributed by atoms with E-state index in [0.29, 0.717) is 17.7 Å². The van der Waals surface area contributed by atoms with Crippen LogP contribution in [-0.2, 0) is 4.74 Å². The highest BCUT2D eigenvalue weighted by Gasteiger charge is 2.29. The third kappa shape index (κ3) is 7.16. The first kappa shape index (κ1) is 15.1. The summed E-state index contributed by atoms with van der Waals surface area (Å²) in [4.78, 5) is 0. The Balaban J connectivity index is 1.91. The number of hydrogen-bond acceptors (Lipinski definition) is 3. The van der Waals surface area contributed by atoms with Crippen LogP contribution >= 0.6 is 11.8 Å². The molecule has 6 heteroatoms. The first-order valence-corrected chi connectivity index (χ1v) is 6.89. The third-order valence-corrected chi connectivity index (χ3v) is 4.25. The smallest absolute Gasteiger partial charge is 0.372 e. The number of hydrogen-bond donors (Lipinski definition) is 1. The zero-order valence-corrected chi connectivity index (χ0v) is 10.9. The van der Waals surface area contributed by atoms with Gasteiger partial charge < -0.3 is 10.1 Å². The SMILES string of the molecule is CC1(CNCCCOCC(F)(F)F)CCCS1. The molecule has 1 fully saturated rings. The minimum Gasteiger partial charge on any atom is -0.372 e. The number of ether oxygens (including phenoxy) is 1. The summed E-state index contributed by atoms with van der Waals surface area (Å²) < 4.78 is 40.1. The fraction of sp³-hybridized carbons (Fsp3) is 1.00. The van der Waals surface area contributed by atoms with E-state index in [1.165, 1.54) is 18.6 Å². The van der Waals surface area contributed by atoms with Crippen molar-refractivity contribution in [3.05, 3.63) is 0 Å². The fourth-order valence-electron chi connectivity index (χ4n) is 1.82. The van der Waals surface area contributed by atoms with Crippen molar-refractivity contribution >= 4 is 11.8 Å². The summed E-state index contributed by atoms with van der Waals surface area (Å²) in [7, 11) is 0. The van der Waals surface area contributed by atoms with Crippen molar-refractivity contribution in [2.45, 2.75) is 37.1 Å². The van der Waals surface area contributed by atoms with Gasteiger partial charge in [0.05, 0.1) is 0 Å². The highest BCUT2D eigenvalue weighted by Crippen LogP contribution is 2.36. The summed E-state index contributed by atoms with van der Waals surface area (Å²) in [5.41, 5.74) is 0. The van der Waals surface area contributed by atoms with Crippen molar-refractivity contribution in [1.29, 1.82) is 0 Å². The molecule has 0 aliphatic carbocycles. The van der Waals surface area contributed by atoms with E-state index in [0.717, 1.165) is 6.54 Å². The van der Waals surface area contributed by atoms with E-state index < -0.39 is 12.8 Å². The van der Waals surface area contributed by atoms with Crippen LogP contribution in [0.5, 0.6) is 0 Å². The average molecular weight is 271 g/mol. The van der Waals surface area contributed by atoms with Crippen LogP contribution < -0.4 is 5.32 Å². The van der Waals surface area contributed by atoms with E-state index in [-0.39, 0.29) is 6.61 Å². The predicted octanol–water partition coefficient (Wildman–Crippen LogP) is 2.83. The molecule has 0 aromatic rings. The quantitative estimate of drug-likeness (QED) is 0.719. The molecule has 102 valence electrons. The molecule has 2 nitrogen and oxygen atoms in total. The van der Waals surface area contributed by atoms with Crippen LogP contribution in [0.3, 0.4) is 0 Å². The van der Waals surface area contributed by atoms with E-state index in [1.807, 2.05) is 11.8 Å². The molecule has 0 amide bonds. The Bertz CT molecular complexity index is 217. The fourth-order valence-corrected chi connectivity index (χ4v) is 3.09. The van der Waals surface area contributed by atoms with E-state index >= 15 is 0 Å². The molecule has 1 saturated heterocycles. The normalized spacial score (nSPS) is 25.4. The minimum atomic E-state index is -4.21. The van der Waals surface area contributed by atoms with Crippen molar-refractivity contribution < 1.29 is 17.9 Å². The lowest BCUT2D eigenvalue weighted by molar-refractivity contribution is -0.173. The van der Waals surface area contributed by atoms with Gasteiger partial charge in [-0.1, -0.05) is 0 Å². The maximum absolute atomic E-state index is 11.7. The second kappa shape index (κ2) is 6.85. The number of rotatable bonds is 7. The van der Waals surface area contributed by atoms with Crippen molar-refractivity contribution in [3.8, 4) is 0 Å². The van der Waals surface area contributed by atoms with Crippen LogP contribution in [-0.4, -0.2) is 43.0 Å². The molecule has 0 aromatic heterocycles. The van der Waals surface area contributed by atoms with Gasteiger partial charge in [0.25, 0.3) is 0 Å². The van der Waals surface area contributed by atoms with Crippen molar-refractivity contribution in [2.24, 2.45) is 0 Å². The van der Waals surface area contributed by atoms with Crippen LogP contribution in [0.1, 0.15) is 26.2 Å². The first-order chi connectivity index (χ1) is 7.91. The van der Waals surface area contributed by atoms with Gasteiger partial charge in [0, 0.05) is 17.9 Å². The van der Waals surface area contributed by atoms with E-state index in [9.17, 15) is 13.2 Å². The zero-order chi connectivity index (χ0) is 12.8. The number of nitrogens with one attached hydrogen (secondary N) is 1. The van der Waals surface area contributed by atoms with Crippen LogP contribution in [0.2, 0.25) is 0 Å². The van der Waals surface area contributed by atoms with Gasteiger partial charge in [-0.15, -0.1) is 0 Å². The molecule has 1 rings (SSSR count). The number of alkyl halides is 3. The van der Waals surface area contributed by atoms with Gasteiger partial charge in [0.2, 0.25) is 0 Å². The van der Waals surface area contributed by atoms with E-state index in [2.05, 4.69) is 17.0 Å². The van der Waals surface area contributed by atoms with Crippen LogP contribution in [0.15, 0.2) is 0 Å². The average Bonchev–Trinajstić information content (AvgIpc) is 2.62. The Labute approximate surface area is 105 Å². The minimum absolute atomic E-state index is 0.163. The largest absolute Gasteiger partial charge is 0.411 e. The number of halogens is 3. The Hall–Kier alpha value is 0.0600. The lowest BCUT2D eigenvalue weighted by atomic mass is 10.1. The van der Waals surface area contributed by atoms with Crippen LogP contribution in [0, 0.1) is 0 Å². The Morgan fingerprint density at radius 2 is 2.18 bits per heavy atom. The lowest BCUT2D eigenvalue weighted by Gasteiger charge is -2.22. The lowest BCUT2D eigenvalue weighted by Crippen LogP contribution is -2.33. The molecule has 0 saturated carbocycles. The second-order valence-corrected chi connectivity index (χ2v) is 6.28. The van der Waals surface area contributed by atoms with E-state index in [4.69, 9.17) is 0 Å². The molecule has 0 aromatic carbocycles. The van der Waals surface area contributed by atoms with Gasteiger partial charge in [0.15, 0.2) is 0 Å². The standard InChI is InChI=1S/C11H20F3NOS/c1-10(4-2-7-17-10)8-15-5-3-6-16-9-11(12,13)14/h15H,2-9H2,1H3. The van der Waals surface area contributed by atoms with Gasteiger partial charge in [-0.2, -0.15) is 24.9 Å². The van der Waals surface area contributed by atoms with Gasteiger partial charge >= 0.3 is 6.18 Å². The van der Waals surface area contributed by atoms with Gasteiger partial charge in [-0.3, -0.25) is 0 Å². The number of thioether (sulfide) groups is 1. The molecule has 1 N–H and O–H groups in total. The maximum Gasteiger partial charge on any atom is 0.411 e. The topological polar surface area (TPSA) is 21.3 Å². The highest BCUT2D eigenvalue weighted by atomic mass is 32.2. The van der Waals surface area contributed by atoms with Gasteiger partial charge in [-0.25, -0.2) is 0 Å². The molecule has 0 spiro atoms. The summed E-state index contributed by atoms with van der Waals surface area (Å²) in [5, 5.41) is 3.28. The van der Waals surface area contributed by atoms with Gasteiger partial charge in [0.1, 0.15) is 6.61 Å². The highest BCUT2D eigenvalue weighted by molar-refractivity contribution is 8.00. The maximum atomic E-state index is 11.7. The van der Waals surface area contributed by atoms with Crippen LogP contribution in [0.4, 0.5) is 13.2 Å². The van der Waals surface area contributed by atoms with Crippen molar-refractivity contribution in [3.63, 3.8) is 0 Å². The molecule has 1 heterocycles. The molecule has 1 atom stereocenters. The molecule has 0 radical (unpaired) electrons. The Kier molecular flexibility index (Phi) is 6.09. The van der Waals surface area contributed by atoms with Crippen molar-refractivity contribution in [1.82, 2.24) is 5.32 Å². The van der Waals surface area contributed by atoms with Gasteiger partial charge in [-0.05, 0) is 38.5 Å². The summed E-state index contributed by atoms with van der Waals surface area (Å²) in [6, 6.07) is 0.